The molecule has 2 heterocycles. The molecule has 4 rings (SSSR count). The number of hydrogen-bond acceptors (Lipinski definition) is 6. The summed E-state index contributed by atoms with van der Waals surface area (Å²) in [4.78, 5) is 31.7. The number of aromatic nitrogens is 1. The Morgan fingerprint density at radius 2 is 1.88 bits per heavy atom. The lowest BCUT2D eigenvalue weighted by atomic mass is 9.96. The van der Waals surface area contributed by atoms with Crippen molar-refractivity contribution in [3.63, 3.8) is 0 Å². The van der Waals surface area contributed by atoms with Crippen LogP contribution in [-0.2, 0) is 9.53 Å². The first-order valence-corrected chi connectivity index (χ1v) is 13.6. The number of ether oxygens (including phenoxy) is 2. The summed E-state index contributed by atoms with van der Waals surface area (Å²) in [7, 11) is 1.64. The van der Waals surface area contributed by atoms with Crippen LogP contribution in [0.15, 0.2) is 57.5 Å². The summed E-state index contributed by atoms with van der Waals surface area (Å²) in [5.41, 5.74) is 2.28. The summed E-state index contributed by atoms with van der Waals surface area (Å²) in [5.74, 6) is 0.314. The van der Waals surface area contributed by atoms with Crippen molar-refractivity contribution in [1.29, 1.82) is 0 Å². The Labute approximate surface area is 232 Å². The van der Waals surface area contributed by atoms with Gasteiger partial charge in [-0.2, -0.15) is 0 Å². The predicted octanol–water partition coefficient (Wildman–Crippen LogP) is 4.67. The van der Waals surface area contributed by atoms with Gasteiger partial charge < -0.3 is 9.47 Å². The van der Waals surface area contributed by atoms with E-state index in [-0.39, 0.29) is 12.2 Å². The summed E-state index contributed by atoms with van der Waals surface area (Å²) in [6, 6.07) is 10.4. The number of allylic oxidation sites excluding steroid dienone is 1. The lowest BCUT2D eigenvalue weighted by Crippen LogP contribution is -2.39. The first-order chi connectivity index (χ1) is 16.2. The number of fused-ring (bicyclic) bond motifs is 1. The SMILES string of the molecule is CCOC(=O)C1=C(C)N=c2sc(=Cc3cc(I)c(OC)c(I)c3)c(=O)n2[C@H]1c1ccc(Cl)cc1. The van der Waals surface area contributed by atoms with Crippen molar-refractivity contribution in [1.82, 2.24) is 4.57 Å². The van der Waals surface area contributed by atoms with E-state index in [0.717, 1.165) is 24.0 Å². The van der Waals surface area contributed by atoms with E-state index in [0.29, 0.717) is 25.6 Å². The number of methoxy groups -OCH3 is 1. The van der Waals surface area contributed by atoms with Crippen LogP contribution in [0.2, 0.25) is 5.02 Å². The number of carbonyl (C=O) groups is 1. The standard InChI is InChI=1S/C24H19ClI2N2O4S/c1-4-33-23(31)19-12(2)28-24-29(20(19)14-5-7-15(25)8-6-14)22(30)18(34-24)11-13-9-16(26)21(32-3)17(27)10-13/h5-11,20H,4H2,1-3H3/t20-/m0/s1. The van der Waals surface area contributed by atoms with Crippen molar-refractivity contribution >= 4 is 80.2 Å². The molecule has 1 aliphatic rings. The molecule has 0 saturated carbocycles. The molecule has 0 radical (unpaired) electrons. The Balaban J connectivity index is 1.94. The highest BCUT2D eigenvalue weighted by Crippen LogP contribution is 2.32. The van der Waals surface area contributed by atoms with Crippen LogP contribution in [0.1, 0.15) is 31.0 Å². The number of thiazole rings is 1. The maximum absolute atomic E-state index is 13.6. The van der Waals surface area contributed by atoms with Crippen molar-refractivity contribution < 1.29 is 14.3 Å². The lowest BCUT2D eigenvalue weighted by molar-refractivity contribution is -0.139. The fourth-order valence-corrected chi connectivity index (χ4v) is 7.19. The van der Waals surface area contributed by atoms with Crippen LogP contribution in [0.4, 0.5) is 0 Å². The van der Waals surface area contributed by atoms with Crippen LogP contribution in [0.25, 0.3) is 6.08 Å². The van der Waals surface area contributed by atoms with Gasteiger partial charge in [-0.05, 0) is 100 Å². The second-order valence-corrected chi connectivity index (χ2v) is 11.1. The Hall–Kier alpha value is -1.70. The second-order valence-electron chi connectivity index (χ2n) is 7.37. The van der Waals surface area contributed by atoms with Crippen molar-refractivity contribution in [2.45, 2.75) is 19.9 Å². The highest BCUT2D eigenvalue weighted by molar-refractivity contribution is 14.1. The van der Waals surface area contributed by atoms with E-state index in [9.17, 15) is 9.59 Å². The number of hydrogen-bond donors (Lipinski definition) is 0. The fraction of sp³-hybridized carbons (Fsp3) is 0.208. The quantitative estimate of drug-likeness (QED) is 0.284. The van der Waals surface area contributed by atoms with Gasteiger partial charge in [0.2, 0.25) is 0 Å². The largest absolute Gasteiger partial charge is 0.495 e. The summed E-state index contributed by atoms with van der Waals surface area (Å²) in [6.07, 6.45) is 1.84. The van der Waals surface area contributed by atoms with E-state index in [1.165, 1.54) is 11.3 Å². The topological polar surface area (TPSA) is 69.9 Å². The molecule has 1 aromatic heterocycles. The number of nitrogens with zero attached hydrogens (tertiary/aromatic N) is 2. The Bertz CT molecular complexity index is 1470. The molecular formula is C24H19ClI2N2O4S. The Kier molecular flexibility index (Phi) is 7.85. The van der Waals surface area contributed by atoms with Gasteiger partial charge in [0.05, 0.1) is 42.7 Å². The molecule has 0 aliphatic carbocycles. The molecule has 176 valence electrons. The molecule has 0 amide bonds. The van der Waals surface area contributed by atoms with Gasteiger partial charge in [0.1, 0.15) is 5.75 Å². The average Bonchev–Trinajstić information content (AvgIpc) is 3.08. The molecule has 0 N–H and O–H groups in total. The third-order valence-electron chi connectivity index (χ3n) is 5.23. The van der Waals surface area contributed by atoms with Gasteiger partial charge in [0.15, 0.2) is 4.80 Å². The van der Waals surface area contributed by atoms with Gasteiger partial charge in [0, 0.05) is 5.02 Å². The molecule has 0 fully saturated rings. The molecule has 34 heavy (non-hydrogen) atoms. The number of esters is 1. The van der Waals surface area contributed by atoms with Gasteiger partial charge in [-0.1, -0.05) is 35.1 Å². The van der Waals surface area contributed by atoms with Gasteiger partial charge in [0.25, 0.3) is 5.56 Å². The summed E-state index contributed by atoms with van der Waals surface area (Å²) >= 11 is 11.8. The first-order valence-electron chi connectivity index (χ1n) is 10.2. The van der Waals surface area contributed by atoms with Crippen molar-refractivity contribution in [3.8, 4) is 5.75 Å². The molecule has 3 aromatic rings. The molecule has 0 bridgehead atoms. The molecule has 1 atom stereocenters. The third-order valence-corrected chi connectivity index (χ3v) is 8.06. The zero-order valence-electron chi connectivity index (χ0n) is 18.4. The van der Waals surface area contributed by atoms with Crippen molar-refractivity contribution in [2.24, 2.45) is 4.99 Å². The molecule has 0 unspecified atom stereocenters. The minimum atomic E-state index is -0.661. The molecule has 6 nitrogen and oxygen atoms in total. The zero-order valence-corrected chi connectivity index (χ0v) is 24.3. The average molecular weight is 721 g/mol. The van der Waals surface area contributed by atoms with E-state index >= 15 is 0 Å². The van der Waals surface area contributed by atoms with E-state index in [2.05, 4.69) is 50.2 Å². The minimum absolute atomic E-state index is 0.223. The van der Waals surface area contributed by atoms with Gasteiger partial charge in [-0.15, -0.1) is 0 Å². The molecule has 0 spiro atoms. The van der Waals surface area contributed by atoms with Crippen LogP contribution >= 0.6 is 68.1 Å². The van der Waals surface area contributed by atoms with E-state index < -0.39 is 12.0 Å². The van der Waals surface area contributed by atoms with Crippen molar-refractivity contribution in [2.75, 3.05) is 13.7 Å². The van der Waals surface area contributed by atoms with E-state index in [1.54, 1.807) is 37.7 Å². The minimum Gasteiger partial charge on any atom is -0.495 e. The first kappa shape index (κ1) is 25.4. The molecule has 2 aromatic carbocycles. The van der Waals surface area contributed by atoms with E-state index in [1.807, 2.05) is 30.3 Å². The van der Waals surface area contributed by atoms with Crippen LogP contribution in [0, 0.1) is 7.14 Å². The van der Waals surface area contributed by atoms with Crippen LogP contribution in [0.5, 0.6) is 5.75 Å². The van der Waals surface area contributed by atoms with Crippen LogP contribution in [0.3, 0.4) is 0 Å². The Morgan fingerprint density at radius 3 is 2.47 bits per heavy atom. The molecule has 0 saturated heterocycles. The zero-order chi connectivity index (χ0) is 24.6. The molecule has 1 aliphatic heterocycles. The number of rotatable bonds is 5. The smallest absolute Gasteiger partial charge is 0.338 e. The number of halogens is 3. The molecule has 10 heteroatoms. The van der Waals surface area contributed by atoms with Crippen LogP contribution in [-0.4, -0.2) is 24.3 Å². The monoisotopic (exact) mass is 720 g/mol. The number of benzene rings is 2. The highest BCUT2D eigenvalue weighted by Gasteiger charge is 2.33. The summed E-state index contributed by atoms with van der Waals surface area (Å²) < 4.78 is 14.7. The van der Waals surface area contributed by atoms with Gasteiger partial charge in [-0.3, -0.25) is 9.36 Å². The summed E-state index contributed by atoms with van der Waals surface area (Å²) in [5, 5.41) is 0.568. The normalized spacial score (nSPS) is 15.7. The van der Waals surface area contributed by atoms with Gasteiger partial charge >= 0.3 is 5.97 Å². The van der Waals surface area contributed by atoms with Crippen LogP contribution < -0.4 is 19.6 Å². The molecular weight excluding hydrogens is 702 g/mol. The fourth-order valence-electron chi connectivity index (χ4n) is 3.76. The Morgan fingerprint density at radius 1 is 1.24 bits per heavy atom. The number of carbonyl (C=O) groups excluding carboxylic acids is 1. The van der Waals surface area contributed by atoms with E-state index in [4.69, 9.17) is 21.1 Å². The predicted molar refractivity (Wildman–Crippen MR) is 150 cm³/mol. The summed E-state index contributed by atoms with van der Waals surface area (Å²) in [6.45, 7) is 3.74. The second kappa shape index (κ2) is 10.5. The highest BCUT2D eigenvalue weighted by atomic mass is 127. The van der Waals surface area contributed by atoms with Crippen molar-refractivity contribution in [3.05, 3.63) is 90.6 Å². The maximum Gasteiger partial charge on any atom is 0.338 e. The third kappa shape index (κ3) is 4.84. The maximum atomic E-state index is 13.6. The lowest BCUT2D eigenvalue weighted by Gasteiger charge is -2.24. The van der Waals surface area contributed by atoms with Gasteiger partial charge in [-0.25, -0.2) is 9.79 Å².